The summed E-state index contributed by atoms with van der Waals surface area (Å²) in [5.41, 5.74) is 3.92. The largest absolute Gasteiger partial charge is 0.495 e. The van der Waals surface area contributed by atoms with Crippen molar-refractivity contribution in [3.8, 4) is 11.4 Å². The number of guanidine groups is 1. The van der Waals surface area contributed by atoms with Crippen LogP contribution >= 0.6 is 24.0 Å². The molecule has 1 aromatic heterocycles. The molecule has 170 valence electrons. The summed E-state index contributed by atoms with van der Waals surface area (Å²) in [4.78, 5) is 15.7. The number of rotatable bonds is 8. The highest BCUT2D eigenvalue weighted by Gasteiger charge is 2.07. The maximum atomic E-state index is 11.4. The zero-order chi connectivity index (χ0) is 22.1. The first-order valence-electron chi connectivity index (χ1n) is 10.1. The second kappa shape index (κ2) is 12.7. The van der Waals surface area contributed by atoms with Crippen molar-refractivity contribution >= 4 is 41.5 Å². The van der Waals surface area contributed by atoms with Crippen LogP contribution in [0.15, 0.2) is 65.9 Å². The van der Waals surface area contributed by atoms with Gasteiger partial charge >= 0.3 is 0 Å². The molecule has 0 fully saturated rings. The molecule has 0 spiro atoms. The number of aromatic nitrogens is 2. The molecule has 8 nitrogen and oxygen atoms in total. The van der Waals surface area contributed by atoms with Crippen molar-refractivity contribution in [3.63, 3.8) is 0 Å². The second-order valence-corrected chi connectivity index (χ2v) is 6.94. The number of methoxy groups -OCH3 is 1. The van der Waals surface area contributed by atoms with E-state index in [1.165, 1.54) is 12.5 Å². The predicted octanol–water partition coefficient (Wildman–Crippen LogP) is 3.37. The number of hydrogen-bond donors (Lipinski definition) is 3. The van der Waals surface area contributed by atoms with Gasteiger partial charge in [0.15, 0.2) is 5.96 Å². The molecule has 0 aliphatic carbocycles. The zero-order valence-corrected chi connectivity index (χ0v) is 20.8. The number of anilines is 1. The lowest BCUT2D eigenvalue weighted by molar-refractivity contribution is -0.114. The van der Waals surface area contributed by atoms with Crippen LogP contribution in [0.3, 0.4) is 0 Å². The smallest absolute Gasteiger partial charge is 0.221 e. The number of aliphatic imine (C=N–C) groups is 1. The molecule has 3 rings (SSSR count). The molecule has 0 saturated heterocycles. The highest BCUT2D eigenvalue weighted by Crippen LogP contribution is 2.25. The number of hydrogen-bond acceptors (Lipinski definition) is 4. The highest BCUT2D eigenvalue weighted by atomic mass is 127. The molecule has 0 atom stereocenters. The number of carbonyl (C=O) groups is 1. The third-order valence-electron chi connectivity index (χ3n) is 4.67. The summed E-state index contributed by atoms with van der Waals surface area (Å²) >= 11 is 0. The van der Waals surface area contributed by atoms with Gasteiger partial charge in [0.05, 0.1) is 18.5 Å². The fraction of sp³-hybridized carbons (Fsp3) is 0.261. The average molecular weight is 548 g/mol. The SMILES string of the molecule is CN=C(NCCc1ccc(-n2cccn2)cc1)NCc1ccc(OC)c(NC(C)=O)c1.I. The summed E-state index contributed by atoms with van der Waals surface area (Å²) < 4.78 is 7.13. The quantitative estimate of drug-likeness (QED) is 0.228. The number of benzene rings is 2. The lowest BCUT2D eigenvalue weighted by atomic mass is 10.1. The van der Waals surface area contributed by atoms with E-state index in [0.29, 0.717) is 23.9 Å². The minimum atomic E-state index is -0.140. The molecule has 0 saturated carbocycles. The van der Waals surface area contributed by atoms with Gasteiger partial charge < -0.3 is 20.7 Å². The van der Waals surface area contributed by atoms with E-state index in [9.17, 15) is 4.79 Å². The van der Waals surface area contributed by atoms with Crippen LogP contribution in [0, 0.1) is 0 Å². The fourth-order valence-electron chi connectivity index (χ4n) is 3.12. The number of nitrogens with zero attached hydrogens (tertiary/aromatic N) is 3. The lowest BCUT2D eigenvalue weighted by Crippen LogP contribution is -2.37. The maximum Gasteiger partial charge on any atom is 0.221 e. The van der Waals surface area contributed by atoms with Crippen molar-refractivity contribution in [2.45, 2.75) is 19.9 Å². The standard InChI is InChI=1S/C23H28N6O2.HI/c1-17(30)28-21-15-19(7-10-22(21)31-3)16-26-23(24-2)25-13-11-18-5-8-20(9-6-18)29-14-4-12-27-29;/h4-10,12,14-15H,11,13,16H2,1-3H3,(H,28,30)(H2,24,25,26);1H. The van der Waals surface area contributed by atoms with Crippen LogP contribution in [0.1, 0.15) is 18.1 Å². The van der Waals surface area contributed by atoms with Gasteiger partial charge in [-0.05, 0) is 47.9 Å². The van der Waals surface area contributed by atoms with E-state index in [1.54, 1.807) is 20.4 Å². The number of ether oxygens (including phenoxy) is 1. The van der Waals surface area contributed by atoms with Crippen LogP contribution in [-0.2, 0) is 17.8 Å². The Balaban J connectivity index is 0.00000363. The van der Waals surface area contributed by atoms with Crippen LogP contribution in [0.25, 0.3) is 5.69 Å². The first-order chi connectivity index (χ1) is 15.1. The monoisotopic (exact) mass is 548 g/mol. The summed E-state index contributed by atoms with van der Waals surface area (Å²) in [5.74, 6) is 1.20. The summed E-state index contributed by atoms with van der Waals surface area (Å²) in [5, 5.41) is 13.6. The van der Waals surface area contributed by atoms with Crippen molar-refractivity contribution < 1.29 is 9.53 Å². The minimum Gasteiger partial charge on any atom is -0.495 e. The molecule has 3 aromatic rings. The summed E-state index contributed by atoms with van der Waals surface area (Å²) in [6.45, 7) is 2.79. The van der Waals surface area contributed by atoms with Crippen molar-refractivity contribution in [2.24, 2.45) is 4.99 Å². The number of carbonyl (C=O) groups excluding carboxylic acids is 1. The molecule has 1 heterocycles. The lowest BCUT2D eigenvalue weighted by Gasteiger charge is -2.14. The molecule has 0 unspecified atom stereocenters. The van der Waals surface area contributed by atoms with Crippen LogP contribution in [0.2, 0.25) is 0 Å². The Morgan fingerprint density at radius 3 is 2.50 bits per heavy atom. The number of nitrogens with one attached hydrogen (secondary N) is 3. The van der Waals surface area contributed by atoms with E-state index in [-0.39, 0.29) is 29.9 Å². The average Bonchev–Trinajstić information content (AvgIpc) is 3.31. The Labute approximate surface area is 205 Å². The van der Waals surface area contributed by atoms with Gasteiger partial charge in [-0.1, -0.05) is 18.2 Å². The summed E-state index contributed by atoms with van der Waals surface area (Å²) in [6.07, 6.45) is 4.56. The van der Waals surface area contributed by atoms with Gasteiger partial charge in [0.2, 0.25) is 5.91 Å². The van der Waals surface area contributed by atoms with Crippen molar-refractivity contribution in [2.75, 3.05) is 26.0 Å². The Kier molecular flexibility index (Phi) is 9.99. The Hall–Kier alpha value is -3.08. The highest BCUT2D eigenvalue weighted by molar-refractivity contribution is 14.0. The normalized spacial score (nSPS) is 10.8. The van der Waals surface area contributed by atoms with E-state index in [2.05, 4.69) is 50.3 Å². The van der Waals surface area contributed by atoms with Gasteiger partial charge in [0.1, 0.15) is 5.75 Å². The van der Waals surface area contributed by atoms with Crippen molar-refractivity contribution in [3.05, 3.63) is 72.1 Å². The molecule has 9 heteroatoms. The molecule has 3 N–H and O–H groups in total. The molecular weight excluding hydrogens is 519 g/mol. The van der Waals surface area contributed by atoms with Crippen LogP contribution < -0.4 is 20.7 Å². The first kappa shape index (κ1) is 25.2. The Morgan fingerprint density at radius 2 is 1.88 bits per heavy atom. The molecule has 0 aliphatic rings. The van der Waals surface area contributed by atoms with E-state index in [4.69, 9.17) is 4.74 Å². The van der Waals surface area contributed by atoms with Gasteiger partial charge in [-0.2, -0.15) is 5.10 Å². The molecule has 0 bridgehead atoms. The Bertz CT molecular complexity index is 1020. The molecule has 0 radical (unpaired) electrons. The molecular formula is C23H29IN6O2. The van der Waals surface area contributed by atoms with E-state index < -0.39 is 0 Å². The number of amides is 1. The third-order valence-corrected chi connectivity index (χ3v) is 4.67. The van der Waals surface area contributed by atoms with E-state index in [0.717, 1.165) is 24.2 Å². The van der Waals surface area contributed by atoms with Crippen LogP contribution in [0.5, 0.6) is 5.75 Å². The van der Waals surface area contributed by atoms with Gasteiger partial charge in [-0.15, -0.1) is 24.0 Å². The topological polar surface area (TPSA) is 92.6 Å². The summed E-state index contributed by atoms with van der Waals surface area (Å²) in [6, 6.07) is 15.9. The minimum absolute atomic E-state index is 0. The van der Waals surface area contributed by atoms with Crippen LogP contribution in [0.4, 0.5) is 5.69 Å². The van der Waals surface area contributed by atoms with Gasteiger partial charge in [-0.3, -0.25) is 9.79 Å². The predicted molar refractivity (Wildman–Crippen MR) is 138 cm³/mol. The van der Waals surface area contributed by atoms with Crippen molar-refractivity contribution in [1.82, 2.24) is 20.4 Å². The first-order valence-corrected chi connectivity index (χ1v) is 10.1. The summed E-state index contributed by atoms with van der Waals surface area (Å²) in [7, 11) is 3.32. The zero-order valence-electron chi connectivity index (χ0n) is 18.5. The van der Waals surface area contributed by atoms with Gasteiger partial charge in [0, 0.05) is 39.5 Å². The van der Waals surface area contributed by atoms with Crippen molar-refractivity contribution in [1.29, 1.82) is 0 Å². The van der Waals surface area contributed by atoms with Gasteiger partial charge in [0.25, 0.3) is 0 Å². The van der Waals surface area contributed by atoms with E-state index in [1.807, 2.05) is 35.1 Å². The van der Waals surface area contributed by atoms with Crippen LogP contribution in [-0.4, -0.2) is 42.3 Å². The Morgan fingerprint density at radius 1 is 1.12 bits per heavy atom. The molecule has 0 aliphatic heterocycles. The molecule has 2 aromatic carbocycles. The second-order valence-electron chi connectivity index (χ2n) is 6.94. The molecule has 32 heavy (non-hydrogen) atoms. The molecule has 1 amide bonds. The maximum absolute atomic E-state index is 11.4. The third kappa shape index (κ3) is 7.26. The number of halogens is 1. The fourth-order valence-corrected chi connectivity index (χ4v) is 3.12. The van der Waals surface area contributed by atoms with E-state index >= 15 is 0 Å². The van der Waals surface area contributed by atoms with Gasteiger partial charge in [-0.25, -0.2) is 4.68 Å².